The van der Waals surface area contributed by atoms with E-state index in [1.165, 1.54) is 38.5 Å². The predicted molar refractivity (Wildman–Crippen MR) is 73.1 cm³/mol. The fourth-order valence-corrected chi connectivity index (χ4v) is 0.250. The molecule has 1 rings (SSSR count). The molecule has 0 nitrogen and oxygen atoms in total. The molecule has 0 heterocycles. The highest BCUT2D eigenvalue weighted by atomic mass is 14.0. The van der Waals surface area contributed by atoms with Gasteiger partial charge in [-0.05, 0) is 0 Å². The first-order valence-corrected chi connectivity index (χ1v) is 6.91. The molecule has 1 aliphatic carbocycles. The standard InChI is InChI=1S/C4H8.C4H10.3C2H6/c1-2-4-3-1;1-3-4-2;3*1-2/h1-4H2;3-4H2,1-2H3;3*1-2H3. The van der Waals surface area contributed by atoms with E-state index in [0.29, 0.717) is 0 Å². The summed E-state index contributed by atoms with van der Waals surface area (Å²) in [5.74, 6) is 0. The lowest BCUT2D eigenvalue weighted by molar-refractivity contribution is 0.504. The van der Waals surface area contributed by atoms with Crippen LogP contribution in [0.15, 0.2) is 0 Å². The van der Waals surface area contributed by atoms with Gasteiger partial charge < -0.3 is 0 Å². The summed E-state index contributed by atoms with van der Waals surface area (Å²) in [5.41, 5.74) is 0. The zero-order chi connectivity index (χ0) is 12.2. The zero-order valence-electron chi connectivity index (χ0n) is 12.2. The van der Waals surface area contributed by atoms with Gasteiger partial charge in [-0.1, -0.05) is 93.9 Å². The Morgan fingerprint density at radius 2 is 0.643 bits per heavy atom. The second kappa shape index (κ2) is 52.0. The van der Waals surface area contributed by atoms with Crippen LogP contribution in [0.3, 0.4) is 0 Å². The highest BCUT2D eigenvalue weighted by Crippen LogP contribution is 2.15. The SMILES string of the molecule is C1CCC1.CC.CC.CC.CCCC. The maximum atomic E-state index is 2.18. The lowest BCUT2D eigenvalue weighted by Gasteiger charge is -2.05. The Morgan fingerprint density at radius 3 is 0.643 bits per heavy atom. The Bertz CT molecular complexity index is 21.0. The van der Waals surface area contributed by atoms with Crippen molar-refractivity contribution in [3.05, 3.63) is 0 Å². The van der Waals surface area contributed by atoms with E-state index in [9.17, 15) is 0 Å². The molecule has 0 aromatic heterocycles. The summed E-state index contributed by atoms with van der Waals surface area (Å²) in [7, 11) is 0. The van der Waals surface area contributed by atoms with Gasteiger partial charge in [-0.25, -0.2) is 0 Å². The largest absolute Gasteiger partial charge is 0.0683 e. The summed E-state index contributed by atoms with van der Waals surface area (Å²) < 4.78 is 0. The van der Waals surface area contributed by atoms with E-state index in [2.05, 4.69) is 13.8 Å². The number of hydrogen-bond acceptors (Lipinski definition) is 0. The van der Waals surface area contributed by atoms with Crippen LogP contribution in [0.25, 0.3) is 0 Å². The second-order valence-electron chi connectivity index (χ2n) is 2.41. The van der Waals surface area contributed by atoms with Crippen LogP contribution in [0.5, 0.6) is 0 Å². The van der Waals surface area contributed by atoms with Crippen molar-refractivity contribution >= 4 is 0 Å². The van der Waals surface area contributed by atoms with Crippen LogP contribution < -0.4 is 0 Å². The Hall–Kier alpha value is 0. The molecule has 14 heavy (non-hydrogen) atoms. The van der Waals surface area contributed by atoms with Crippen molar-refractivity contribution in [2.24, 2.45) is 0 Å². The third-order valence-electron chi connectivity index (χ3n) is 1.50. The van der Waals surface area contributed by atoms with Crippen LogP contribution in [0.1, 0.15) is 93.9 Å². The summed E-state index contributed by atoms with van der Waals surface area (Å²) in [4.78, 5) is 0. The summed E-state index contributed by atoms with van der Waals surface area (Å²) in [6.45, 7) is 16.4. The molecule has 0 aromatic rings. The van der Waals surface area contributed by atoms with Crippen molar-refractivity contribution in [2.45, 2.75) is 93.9 Å². The van der Waals surface area contributed by atoms with Gasteiger partial charge >= 0.3 is 0 Å². The molecule has 0 spiro atoms. The summed E-state index contributed by atoms with van der Waals surface area (Å²) in [6.07, 6.45) is 8.64. The third-order valence-corrected chi connectivity index (χ3v) is 1.50. The minimum Gasteiger partial charge on any atom is -0.0683 e. The molecule has 92 valence electrons. The molecule has 0 unspecified atom stereocenters. The van der Waals surface area contributed by atoms with Crippen molar-refractivity contribution in [2.75, 3.05) is 0 Å². The van der Waals surface area contributed by atoms with E-state index in [-0.39, 0.29) is 0 Å². The van der Waals surface area contributed by atoms with Gasteiger partial charge in [-0.15, -0.1) is 0 Å². The average Bonchev–Trinajstić information content (AvgIpc) is 2.24. The molecule has 0 bridgehead atoms. The lowest BCUT2D eigenvalue weighted by Crippen LogP contribution is -1.85. The quantitative estimate of drug-likeness (QED) is 0.460. The van der Waals surface area contributed by atoms with E-state index in [1.54, 1.807) is 0 Å². The maximum absolute atomic E-state index is 2.18. The molecule has 0 amide bonds. The summed E-state index contributed by atoms with van der Waals surface area (Å²) in [5, 5.41) is 0. The third kappa shape index (κ3) is 58.1. The van der Waals surface area contributed by atoms with Gasteiger partial charge in [0, 0.05) is 0 Å². The number of rotatable bonds is 1. The molecule has 0 N–H and O–H groups in total. The highest BCUT2D eigenvalue weighted by Gasteiger charge is 1.95. The van der Waals surface area contributed by atoms with Crippen LogP contribution in [0.2, 0.25) is 0 Å². The molecular formula is C14H36. The second-order valence-corrected chi connectivity index (χ2v) is 2.41. The first kappa shape index (κ1) is 23.7. The van der Waals surface area contributed by atoms with Gasteiger partial charge in [-0.3, -0.25) is 0 Å². The van der Waals surface area contributed by atoms with Crippen molar-refractivity contribution in [1.29, 1.82) is 0 Å². The van der Waals surface area contributed by atoms with Crippen molar-refractivity contribution < 1.29 is 0 Å². The molecule has 1 aliphatic rings. The fourth-order valence-electron chi connectivity index (χ4n) is 0.250. The predicted octanol–water partition coefficient (Wildman–Crippen LogP) is 6.45. The molecule has 0 aromatic carbocycles. The average molecular weight is 204 g/mol. The van der Waals surface area contributed by atoms with E-state index >= 15 is 0 Å². The van der Waals surface area contributed by atoms with Crippen molar-refractivity contribution in [1.82, 2.24) is 0 Å². The lowest BCUT2D eigenvalue weighted by atomic mass is 10.0. The first-order valence-electron chi connectivity index (χ1n) is 6.91. The van der Waals surface area contributed by atoms with Crippen molar-refractivity contribution in [3.63, 3.8) is 0 Å². The van der Waals surface area contributed by atoms with Gasteiger partial charge in [-0.2, -0.15) is 0 Å². The van der Waals surface area contributed by atoms with Crippen LogP contribution in [-0.2, 0) is 0 Å². The molecular weight excluding hydrogens is 168 g/mol. The minimum absolute atomic E-state index is 1.32. The highest BCUT2D eigenvalue weighted by molar-refractivity contribution is 4.50. The minimum atomic E-state index is 1.32. The van der Waals surface area contributed by atoms with Crippen LogP contribution >= 0.6 is 0 Å². The van der Waals surface area contributed by atoms with Gasteiger partial charge in [0.15, 0.2) is 0 Å². The van der Waals surface area contributed by atoms with Crippen LogP contribution in [0.4, 0.5) is 0 Å². The normalized spacial score (nSPS) is 10.3. The van der Waals surface area contributed by atoms with E-state index in [0.717, 1.165) is 0 Å². The maximum Gasteiger partial charge on any atom is -0.0533 e. The number of unbranched alkanes of at least 4 members (excludes halogenated alkanes) is 1. The van der Waals surface area contributed by atoms with E-state index in [4.69, 9.17) is 0 Å². The smallest absolute Gasteiger partial charge is 0.0533 e. The Labute approximate surface area is 94.5 Å². The van der Waals surface area contributed by atoms with Gasteiger partial charge in [0.05, 0.1) is 0 Å². The molecule has 0 aliphatic heterocycles. The summed E-state index contributed by atoms with van der Waals surface area (Å²) >= 11 is 0. The Balaban J connectivity index is -0.0000000475. The summed E-state index contributed by atoms with van der Waals surface area (Å²) in [6, 6.07) is 0. The van der Waals surface area contributed by atoms with Crippen molar-refractivity contribution in [3.8, 4) is 0 Å². The molecule has 0 radical (unpaired) electrons. The first-order chi connectivity index (χ1) is 6.91. The topological polar surface area (TPSA) is 0 Å². The Kier molecular flexibility index (Phi) is 87.9. The molecule has 0 atom stereocenters. The zero-order valence-corrected chi connectivity index (χ0v) is 12.2. The molecule has 0 heteroatoms. The van der Waals surface area contributed by atoms with Crippen LogP contribution in [0, 0.1) is 0 Å². The Morgan fingerprint density at radius 1 is 0.500 bits per heavy atom. The fraction of sp³-hybridized carbons (Fsp3) is 1.00. The van der Waals surface area contributed by atoms with Crippen LogP contribution in [-0.4, -0.2) is 0 Å². The van der Waals surface area contributed by atoms with Gasteiger partial charge in [0.2, 0.25) is 0 Å². The van der Waals surface area contributed by atoms with E-state index < -0.39 is 0 Å². The monoisotopic (exact) mass is 204 g/mol. The van der Waals surface area contributed by atoms with E-state index in [1.807, 2.05) is 41.5 Å². The molecule has 1 fully saturated rings. The number of hydrogen-bond donors (Lipinski definition) is 0. The molecule has 1 saturated carbocycles. The van der Waals surface area contributed by atoms with Gasteiger partial charge in [0.25, 0.3) is 0 Å². The molecule has 0 saturated heterocycles. The van der Waals surface area contributed by atoms with Gasteiger partial charge in [0.1, 0.15) is 0 Å².